The molecule has 2 rings (SSSR count). The van der Waals surface area contributed by atoms with Gasteiger partial charge in [0.25, 0.3) is 0 Å². The maximum atomic E-state index is 12.2. The molecule has 0 heterocycles. The molecule has 0 amide bonds. The Morgan fingerprint density at radius 2 is 1.86 bits per heavy atom. The summed E-state index contributed by atoms with van der Waals surface area (Å²) in [6.07, 6.45) is 0. The number of nitrogens with two attached hydrogens (primary N) is 1. The molecule has 0 aliphatic rings. The van der Waals surface area contributed by atoms with E-state index < -0.39 is 10.0 Å². The molecule has 112 valence electrons. The van der Waals surface area contributed by atoms with Crippen LogP contribution in [0.4, 0.5) is 5.69 Å². The van der Waals surface area contributed by atoms with Crippen LogP contribution in [0.2, 0.25) is 0 Å². The van der Waals surface area contributed by atoms with Gasteiger partial charge in [-0.1, -0.05) is 37.3 Å². The molecule has 0 radical (unpaired) electrons. The minimum Gasteiger partial charge on any atom is -0.398 e. The van der Waals surface area contributed by atoms with E-state index in [4.69, 9.17) is 5.73 Å². The van der Waals surface area contributed by atoms with Gasteiger partial charge < -0.3 is 5.73 Å². The molecule has 4 nitrogen and oxygen atoms in total. The van der Waals surface area contributed by atoms with Crippen molar-refractivity contribution in [1.82, 2.24) is 4.72 Å². The lowest BCUT2D eigenvalue weighted by Gasteiger charge is -2.13. The molecule has 1 unspecified atom stereocenters. The second-order valence-electron chi connectivity index (χ2n) is 4.85. The zero-order valence-electron chi connectivity index (χ0n) is 11.6. The van der Waals surface area contributed by atoms with Gasteiger partial charge in [0.05, 0.1) is 4.90 Å². The first-order valence-corrected chi connectivity index (χ1v) is 8.77. The predicted molar refractivity (Wildman–Crippen MR) is 88.6 cm³/mol. The van der Waals surface area contributed by atoms with Crippen molar-refractivity contribution < 1.29 is 8.42 Å². The fourth-order valence-electron chi connectivity index (χ4n) is 1.91. The molecule has 0 aromatic heterocycles. The summed E-state index contributed by atoms with van der Waals surface area (Å²) in [7, 11) is -3.55. The minimum absolute atomic E-state index is 0.0915. The van der Waals surface area contributed by atoms with E-state index in [-0.39, 0.29) is 10.8 Å². The third kappa shape index (κ3) is 4.06. The smallest absolute Gasteiger partial charge is 0.240 e. The summed E-state index contributed by atoms with van der Waals surface area (Å²) in [6, 6.07) is 14.4. The summed E-state index contributed by atoms with van der Waals surface area (Å²) in [6.45, 7) is 2.32. The van der Waals surface area contributed by atoms with Crippen molar-refractivity contribution in [3.8, 4) is 0 Å². The van der Waals surface area contributed by atoms with E-state index in [9.17, 15) is 8.42 Å². The normalized spacial score (nSPS) is 13.0. The molecule has 3 N–H and O–H groups in total. The second kappa shape index (κ2) is 6.60. The minimum atomic E-state index is -3.55. The number of nitrogen functional groups attached to an aromatic ring is 1. The lowest BCUT2D eigenvalue weighted by atomic mass is 10.0. The monoisotopic (exact) mass is 368 g/mol. The predicted octanol–water partition coefficient (Wildman–Crippen LogP) is 3.11. The van der Waals surface area contributed by atoms with E-state index in [1.807, 2.05) is 37.3 Å². The average Bonchev–Trinajstić information content (AvgIpc) is 2.48. The Labute approximate surface area is 133 Å². The summed E-state index contributed by atoms with van der Waals surface area (Å²) in [5.41, 5.74) is 7.22. The summed E-state index contributed by atoms with van der Waals surface area (Å²) in [5.74, 6) is 0.0915. The topological polar surface area (TPSA) is 72.2 Å². The highest BCUT2D eigenvalue weighted by Crippen LogP contribution is 2.23. The van der Waals surface area contributed by atoms with Crippen LogP contribution in [0, 0.1) is 0 Å². The van der Waals surface area contributed by atoms with Gasteiger partial charge in [-0.25, -0.2) is 13.1 Å². The number of hydrogen-bond acceptors (Lipinski definition) is 3. The van der Waals surface area contributed by atoms with E-state index in [1.54, 1.807) is 6.07 Å². The van der Waals surface area contributed by atoms with Crippen molar-refractivity contribution in [2.75, 3.05) is 12.3 Å². The summed E-state index contributed by atoms with van der Waals surface area (Å²) in [4.78, 5) is 0.170. The number of benzene rings is 2. The van der Waals surface area contributed by atoms with Gasteiger partial charge in [0.2, 0.25) is 10.0 Å². The molecular weight excluding hydrogens is 352 g/mol. The lowest BCUT2D eigenvalue weighted by molar-refractivity contribution is 0.575. The van der Waals surface area contributed by atoms with Crippen LogP contribution in [-0.4, -0.2) is 15.0 Å². The van der Waals surface area contributed by atoms with E-state index in [0.29, 0.717) is 16.7 Å². The molecule has 0 saturated heterocycles. The number of rotatable bonds is 5. The summed E-state index contributed by atoms with van der Waals surface area (Å²) < 4.78 is 27.8. The fourth-order valence-corrected chi connectivity index (χ4v) is 3.32. The Kier molecular flexibility index (Phi) is 5.03. The molecular formula is C15H17BrN2O2S. The van der Waals surface area contributed by atoms with Gasteiger partial charge >= 0.3 is 0 Å². The molecule has 1 atom stereocenters. The van der Waals surface area contributed by atoms with Crippen molar-refractivity contribution in [2.45, 2.75) is 17.7 Å². The molecule has 2 aromatic rings. The van der Waals surface area contributed by atoms with Gasteiger partial charge in [-0.15, -0.1) is 0 Å². The SMILES string of the molecule is CC(CNS(=O)(=O)c1ccc(Br)c(N)c1)c1ccccc1. The molecule has 21 heavy (non-hydrogen) atoms. The van der Waals surface area contributed by atoms with Crippen LogP contribution in [-0.2, 0) is 10.0 Å². The van der Waals surface area contributed by atoms with Crippen LogP contribution in [0.15, 0.2) is 57.9 Å². The van der Waals surface area contributed by atoms with Crippen LogP contribution in [0.1, 0.15) is 18.4 Å². The summed E-state index contributed by atoms with van der Waals surface area (Å²) >= 11 is 3.25. The molecule has 6 heteroatoms. The molecule has 0 spiro atoms. The highest BCUT2D eigenvalue weighted by molar-refractivity contribution is 9.10. The van der Waals surface area contributed by atoms with Crippen molar-refractivity contribution in [3.63, 3.8) is 0 Å². The zero-order valence-corrected chi connectivity index (χ0v) is 14.0. The third-order valence-electron chi connectivity index (χ3n) is 3.23. The third-order valence-corrected chi connectivity index (χ3v) is 5.37. The molecule has 0 aliphatic carbocycles. The molecule has 2 aromatic carbocycles. The number of halogens is 1. The lowest BCUT2D eigenvalue weighted by Crippen LogP contribution is -2.27. The average molecular weight is 369 g/mol. The van der Waals surface area contributed by atoms with Gasteiger partial charge in [-0.05, 0) is 45.6 Å². The Bertz CT molecular complexity index is 718. The first-order chi connectivity index (χ1) is 9.90. The zero-order chi connectivity index (χ0) is 15.5. The van der Waals surface area contributed by atoms with Crippen LogP contribution in [0.25, 0.3) is 0 Å². The van der Waals surface area contributed by atoms with Crippen molar-refractivity contribution >= 4 is 31.6 Å². The van der Waals surface area contributed by atoms with Gasteiger partial charge in [-0.3, -0.25) is 0 Å². The molecule has 0 fully saturated rings. The van der Waals surface area contributed by atoms with E-state index in [1.165, 1.54) is 12.1 Å². The van der Waals surface area contributed by atoms with Crippen molar-refractivity contribution in [1.29, 1.82) is 0 Å². The van der Waals surface area contributed by atoms with E-state index in [2.05, 4.69) is 20.7 Å². The van der Waals surface area contributed by atoms with Gasteiger partial charge in [0.1, 0.15) is 0 Å². The number of nitrogens with one attached hydrogen (secondary N) is 1. The van der Waals surface area contributed by atoms with Crippen molar-refractivity contribution in [2.24, 2.45) is 0 Å². The Morgan fingerprint density at radius 1 is 1.19 bits per heavy atom. The van der Waals surface area contributed by atoms with Crippen molar-refractivity contribution in [3.05, 3.63) is 58.6 Å². The first kappa shape index (κ1) is 16.0. The number of anilines is 1. The van der Waals surface area contributed by atoms with Crippen LogP contribution >= 0.6 is 15.9 Å². The van der Waals surface area contributed by atoms with E-state index >= 15 is 0 Å². The fraction of sp³-hybridized carbons (Fsp3) is 0.200. The van der Waals surface area contributed by atoms with Gasteiger partial charge in [0, 0.05) is 16.7 Å². The van der Waals surface area contributed by atoms with Crippen LogP contribution < -0.4 is 10.5 Å². The highest BCUT2D eigenvalue weighted by atomic mass is 79.9. The maximum absolute atomic E-state index is 12.2. The molecule has 0 saturated carbocycles. The van der Waals surface area contributed by atoms with Gasteiger partial charge in [0.15, 0.2) is 0 Å². The highest BCUT2D eigenvalue weighted by Gasteiger charge is 2.16. The number of hydrogen-bond donors (Lipinski definition) is 2. The standard InChI is InChI=1S/C15H17BrN2O2S/c1-11(12-5-3-2-4-6-12)10-18-21(19,20)13-7-8-14(16)15(17)9-13/h2-9,11,18H,10,17H2,1H3. The van der Waals surface area contributed by atoms with Gasteiger partial charge in [-0.2, -0.15) is 0 Å². The maximum Gasteiger partial charge on any atom is 0.240 e. The summed E-state index contributed by atoms with van der Waals surface area (Å²) in [5, 5.41) is 0. The quantitative estimate of drug-likeness (QED) is 0.796. The Hall–Kier alpha value is -1.37. The second-order valence-corrected chi connectivity index (χ2v) is 7.47. The number of sulfonamides is 1. The largest absolute Gasteiger partial charge is 0.398 e. The van der Waals surface area contributed by atoms with Crippen LogP contribution in [0.3, 0.4) is 0 Å². The molecule has 0 aliphatic heterocycles. The Balaban J connectivity index is 2.09. The Morgan fingerprint density at radius 3 is 2.48 bits per heavy atom. The first-order valence-electron chi connectivity index (χ1n) is 6.50. The van der Waals surface area contributed by atoms with Crippen LogP contribution in [0.5, 0.6) is 0 Å². The molecule has 0 bridgehead atoms. The van der Waals surface area contributed by atoms with E-state index in [0.717, 1.165) is 5.56 Å².